The standard InChI is InChI=1S/C25H23FN4O/c1-17(20-12-13-21(22(26)14-20)19-10-6-3-7-11-19)23-15-24(30-31-23)29-25(27)28-16-18-8-4-2-5-9-18/h2-15,17H,16H2,1H3,(H3,27,28,29,30). The summed E-state index contributed by atoms with van der Waals surface area (Å²) in [5.41, 5.74) is 3.27. The molecule has 3 N–H and O–H groups in total. The largest absolute Gasteiger partial charge is 0.359 e. The number of halogens is 1. The van der Waals surface area contributed by atoms with E-state index in [0.29, 0.717) is 23.7 Å². The van der Waals surface area contributed by atoms with Gasteiger partial charge in [0.15, 0.2) is 11.8 Å². The van der Waals surface area contributed by atoms with E-state index in [9.17, 15) is 4.39 Å². The van der Waals surface area contributed by atoms with Crippen molar-refractivity contribution in [3.8, 4) is 11.1 Å². The normalized spacial score (nSPS) is 11.7. The van der Waals surface area contributed by atoms with Gasteiger partial charge in [0.25, 0.3) is 0 Å². The SMILES string of the molecule is CC(c1ccc(-c2ccccc2)c(F)c1)c1cc(NC(=N)NCc2ccccc2)no1. The molecule has 0 amide bonds. The number of rotatable bonds is 6. The molecule has 156 valence electrons. The summed E-state index contributed by atoms with van der Waals surface area (Å²) in [6.07, 6.45) is 0. The third kappa shape index (κ3) is 4.98. The predicted molar refractivity (Wildman–Crippen MR) is 120 cm³/mol. The lowest BCUT2D eigenvalue weighted by Crippen LogP contribution is -2.29. The Bertz CT molecular complexity index is 1160. The topological polar surface area (TPSA) is 73.9 Å². The van der Waals surface area contributed by atoms with Crippen LogP contribution < -0.4 is 10.6 Å². The summed E-state index contributed by atoms with van der Waals surface area (Å²) in [5, 5.41) is 17.9. The van der Waals surface area contributed by atoms with Gasteiger partial charge in [0, 0.05) is 24.1 Å². The summed E-state index contributed by atoms with van der Waals surface area (Å²) >= 11 is 0. The molecule has 6 heteroatoms. The van der Waals surface area contributed by atoms with E-state index in [1.54, 1.807) is 12.1 Å². The van der Waals surface area contributed by atoms with Crippen LogP contribution in [-0.2, 0) is 6.54 Å². The van der Waals surface area contributed by atoms with Gasteiger partial charge in [-0.05, 0) is 22.8 Å². The highest BCUT2D eigenvalue weighted by atomic mass is 19.1. The van der Waals surface area contributed by atoms with Crippen LogP contribution in [0.15, 0.2) is 89.5 Å². The third-order valence-electron chi connectivity index (χ3n) is 5.10. The average Bonchev–Trinajstić information content (AvgIpc) is 3.27. The summed E-state index contributed by atoms with van der Waals surface area (Å²) < 4.78 is 20.2. The first-order chi connectivity index (χ1) is 15.1. The number of hydrogen-bond acceptors (Lipinski definition) is 3. The van der Waals surface area contributed by atoms with Crippen LogP contribution in [0.2, 0.25) is 0 Å². The molecular weight excluding hydrogens is 391 g/mol. The Morgan fingerprint density at radius 2 is 1.71 bits per heavy atom. The Labute approximate surface area is 180 Å². The summed E-state index contributed by atoms with van der Waals surface area (Å²) in [7, 11) is 0. The van der Waals surface area contributed by atoms with Gasteiger partial charge in [-0.3, -0.25) is 5.41 Å². The molecule has 4 rings (SSSR count). The summed E-state index contributed by atoms with van der Waals surface area (Å²) in [4.78, 5) is 0. The molecule has 0 saturated carbocycles. The Kier molecular flexibility index (Phi) is 6.08. The van der Waals surface area contributed by atoms with Crippen molar-refractivity contribution in [3.63, 3.8) is 0 Å². The van der Waals surface area contributed by atoms with Gasteiger partial charge in [-0.1, -0.05) is 84.9 Å². The van der Waals surface area contributed by atoms with Crippen LogP contribution in [0.4, 0.5) is 10.2 Å². The van der Waals surface area contributed by atoms with E-state index in [0.717, 1.165) is 16.7 Å². The van der Waals surface area contributed by atoms with Crippen LogP contribution in [0.5, 0.6) is 0 Å². The van der Waals surface area contributed by atoms with Crippen molar-refractivity contribution in [1.82, 2.24) is 10.5 Å². The number of nitrogens with zero attached hydrogens (tertiary/aromatic N) is 1. The van der Waals surface area contributed by atoms with Crippen LogP contribution >= 0.6 is 0 Å². The maximum atomic E-state index is 14.7. The van der Waals surface area contributed by atoms with Gasteiger partial charge in [0.2, 0.25) is 0 Å². The number of benzene rings is 3. The maximum Gasteiger partial charge on any atom is 0.194 e. The van der Waals surface area contributed by atoms with Gasteiger partial charge < -0.3 is 15.2 Å². The average molecular weight is 414 g/mol. The van der Waals surface area contributed by atoms with Crippen molar-refractivity contribution in [1.29, 1.82) is 5.41 Å². The lowest BCUT2D eigenvalue weighted by atomic mass is 9.95. The zero-order valence-corrected chi connectivity index (χ0v) is 17.1. The quantitative estimate of drug-likeness (QED) is 0.277. The fourth-order valence-electron chi connectivity index (χ4n) is 3.33. The molecule has 31 heavy (non-hydrogen) atoms. The lowest BCUT2D eigenvalue weighted by molar-refractivity contribution is 0.378. The molecule has 0 aliphatic carbocycles. The Morgan fingerprint density at radius 1 is 1.00 bits per heavy atom. The highest BCUT2D eigenvalue weighted by Gasteiger charge is 2.17. The number of hydrogen-bond donors (Lipinski definition) is 3. The van der Waals surface area contributed by atoms with E-state index in [1.807, 2.05) is 73.7 Å². The van der Waals surface area contributed by atoms with Crippen LogP contribution in [0.25, 0.3) is 11.1 Å². The van der Waals surface area contributed by atoms with E-state index < -0.39 is 0 Å². The van der Waals surface area contributed by atoms with Crippen LogP contribution in [0.3, 0.4) is 0 Å². The van der Waals surface area contributed by atoms with Crippen molar-refractivity contribution in [2.75, 3.05) is 5.32 Å². The molecule has 0 radical (unpaired) electrons. The zero-order valence-electron chi connectivity index (χ0n) is 17.1. The fraction of sp³-hybridized carbons (Fsp3) is 0.120. The smallest absolute Gasteiger partial charge is 0.194 e. The van der Waals surface area contributed by atoms with E-state index in [1.165, 1.54) is 6.07 Å². The molecule has 0 bridgehead atoms. The number of anilines is 1. The minimum atomic E-state index is -0.277. The molecule has 1 aromatic heterocycles. The van der Waals surface area contributed by atoms with Gasteiger partial charge in [-0.15, -0.1) is 0 Å². The molecule has 0 fully saturated rings. The van der Waals surface area contributed by atoms with Gasteiger partial charge in [-0.25, -0.2) is 4.39 Å². The minimum Gasteiger partial charge on any atom is -0.359 e. The molecule has 1 unspecified atom stereocenters. The molecule has 0 spiro atoms. The highest BCUT2D eigenvalue weighted by molar-refractivity contribution is 5.90. The Balaban J connectivity index is 1.40. The van der Waals surface area contributed by atoms with E-state index in [4.69, 9.17) is 9.93 Å². The number of nitrogens with one attached hydrogen (secondary N) is 3. The second-order valence-electron chi connectivity index (χ2n) is 7.28. The van der Waals surface area contributed by atoms with Crippen molar-refractivity contribution in [3.05, 3.63) is 108 Å². The van der Waals surface area contributed by atoms with Gasteiger partial charge in [0.05, 0.1) is 0 Å². The molecule has 3 aromatic carbocycles. The molecule has 4 aromatic rings. The number of guanidine groups is 1. The Morgan fingerprint density at radius 3 is 2.42 bits per heavy atom. The fourth-order valence-corrected chi connectivity index (χ4v) is 3.33. The Hall–Kier alpha value is -3.93. The van der Waals surface area contributed by atoms with Crippen molar-refractivity contribution in [2.24, 2.45) is 0 Å². The molecule has 1 heterocycles. The van der Waals surface area contributed by atoms with E-state index in [2.05, 4.69) is 15.8 Å². The second kappa shape index (κ2) is 9.26. The highest BCUT2D eigenvalue weighted by Crippen LogP contribution is 2.30. The van der Waals surface area contributed by atoms with Crippen LogP contribution in [0, 0.1) is 11.2 Å². The molecular formula is C25H23FN4O. The third-order valence-corrected chi connectivity index (χ3v) is 5.10. The molecule has 1 atom stereocenters. The maximum absolute atomic E-state index is 14.7. The first kappa shape index (κ1) is 20.3. The first-order valence-electron chi connectivity index (χ1n) is 10.0. The lowest BCUT2D eigenvalue weighted by Gasteiger charge is -2.11. The van der Waals surface area contributed by atoms with E-state index >= 15 is 0 Å². The van der Waals surface area contributed by atoms with Gasteiger partial charge >= 0.3 is 0 Å². The predicted octanol–water partition coefficient (Wildman–Crippen LogP) is 5.77. The van der Waals surface area contributed by atoms with Crippen molar-refractivity contribution >= 4 is 11.8 Å². The monoisotopic (exact) mass is 414 g/mol. The first-order valence-corrected chi connectivity index (χ1v) is 10.0. The summed E-state index contributed by atoms with van der Waals surface area (Å²) in [5.74, 6) is 0.669. The minimum absolute atomic E-state index is 0.120. The van der Waals surface area contributed by atoms with E-state index in [-0.39, 0.29) is 17.7 Å². The van der Waals surface area contributed by atoms with Gasteiger partial charge in [0.1, 0.15) is 11.6 Å². The van der Waals surface area contributed by atoms with Crippen LogP contribution in [0.1, 0.15) is 29.7 Å². The summed E-state index contributed by atoms with van der Waals surface area (Å²) in [6, 6.07) is 26.2. The second-order valence-corrected chi connectivity index (χ2v) is 7.28. The van der Waals surface area contributed by atoms with Gasteiger partial charge in [-0.2, -0.15) is 0 Å². The molecule has 0 saturated heterocycles. The molecule has 5 nitrogen and oxygen atoms in total. The van der Waals surface area contributed by atoms with Crippen LogP contribution in [-0.4, -0.2) is 11.1 Å². The van der Waals surface area contributed by atoms with Crippen molar-refractivity contribution in [2.45, 2.75) is 19.4 Å². The number of aromatic nitrogens is 1. The summed E-state index contributed by atoms with van der Waals surface area (Å²) in [6.45, 7) is 2.46. The molecule has 0 aliphatic heterocycles. The zero-order chi connectivity index (χ0) is 21.6. The molecule has 0 aliphatic rings. The van der Waals surface area contributed by atoms with Crippen molar-refractivity contribution < 1.29 is 8.91 Å².